The van der Waals surface area contributed by atoms with Crippen LogP contribution in [0.3, 0.4) is 0 Å². The predicted octanol–water partition coefficient (Wildman–Crippen LogP) is 1.50. The summed E-state index contributed by atoms with van der Waals surface area (Å²) in [5.74, 6) is -2.75. The van der Waals surface area contributed by atoms with Gasteiger partial charge in [-0.1, -0.05) is 25.1 Å². The predicted molar refractivity (Wildman–Crippen MR) is 86.2 cm³/mol. The first-order chi connectivity index (χ1) is 10.9. The number of aromatic carboxylic acids is 2. The summed E-state index contributed by atoms with van der Waals surface area (Å²) in [5.41, 5.74) is 2.02. The molecule has 5 nitrogen and oxygen atoms in total. The van der Waals surface area contributed by atoms with Crippen LogP contribution in [-0.4, -0.2) is 18.5 Å². The molecule has 0 unspecified atom stereocenters. The summed E-state index contributed by atoms with van der Waals surface area (Å²) in [5, 5.41) is 23.2. The Morgan fingerprint density at radius 1 is 1.13 bits per heavy atom. The molecule has 2 aromatic rings. The standard InChI is InChI=1S/C17H19NO4S/c1-4-11-8-6-7-9-12(11)18(5-2)15-13(16(19)20)10(3)14(23-15)17(21)22/h6-9H,4-5H2,1-3H3,(H,19,20)(H,21,22)/p-2. The second kappa shape index (κ2) is 6.83. The molecule has 0 radical (unpaired) electrons. The van der Waals surface area contributed by atoms with Gasteiger partial charge in [0.1, 0.15) is 5.00 Å². The lowest BCUT2D eigenvalue weighted by molar-refractivity contribution is -0.255. The summed E-state index contributed by atoms with van der Waals surface area (Å²) < 4.78 is 0. The van der Waals surface area contributed by atoms with Crippen LogP contribution in [0.25, 0.3) is 0 Å². The lowest BCUT2D eigenvalue weighted by Crippen LogP contribution is -2.27. The molecule has 2 rings (SSSR count). The van der Waals surface area contributed by atoms with E-state index in [0.29, 0.717) is 11.5 Å². The molecule has 0 atom stereocenters. The van der Waals surface area contributed by atoms with E-state index in [1.165, 1.54) is 6.92 Å². The van der Waals surface area contributed by atoms with Crippen molar-refractivity contribution >= 4 is 34.0 Å². The van der Waals surface area contributed by atoms with Crippen LogP contribution >= 0.6 is 11.3 Å². The van der Waals surface area contributed by atoms with Crippen LogP contribution in [0.2, 0.25) is 0 Å². The summed E-state index contributed by atoms with van der Waals surface area (Å²) in [6, 6.07) is 7.66. The molecule has 0 aliphatic rings. The molecule has 0 spiro atoms. The number of carbonyl (C=O) groups excluding carboxylic acids is 2. The van der Waals surface area contributed by atoms with Crippen molar-refractivity contribution in [3.63, 3.8) is 0 Å². The van der Waals surface area contributed by atoms with Crippen molar-refractivity contribution in [3.8, 4) is 0 Å². The number of carboxylic acid groups (broad SMARTS) is 2. The zero-order valence-corrected chi connectivity index (χ0v) is 14.0. The molecule has 122 valence electrons. The average Bonchev–Trinajstić information content (AvgIpc) is 2.86. The van der Waals surface area contributed by atoms with Crippen LogP contribution in [0.5, 0.6) is 0 Å². The van der Waals surface area contributed by atoms with E-state index in [1.54, 1.807) is 0 Å². The maximum absolute atomic E-state index is 11.5. The molecule has 1 heterocycles. The van der Waals surface area contributed by atoms with E-state index in [9.17, 15) is 19.8 Å². The van der Waals surface area contributed by atoms with Gasteiger partial charge in [0.2, 0.25) is 0 Å². The van der Waals surface area contributed by atoms with Gasteiger partial charge in [0.15, 0.2) is 0 Å². The summed E-state index contributed by atoms with van der Waals surface area (Å²) in [7, 11) is 0. The first-order valence-electron chi connectivity index (χ1n) is 7.33. The maximum atomic E-state index is 11.5. The van der Waals surface area contributed by atoms with Crippen LogP contribution < -0.4 is 15.1 Å². The molecule has 0 amide bonds. The molecular formula is C17H17NO4S-2. The van der Waals surface area contributed by atoms with Gasteiger partial charge in [-0.25, -0.2) is 0 Å². The lowest BCUT2D eigenvalue weighted by atomic mass is 10.1. The highest BCUT2D eigenvalue weighted by atomic mass is 32.1. The monoisotopic (exact) mass is 331 g/mol. The van der Waals surface area contributed by atoms with Gasteiger partial charge < -0.3 is 24.7 Å². The Morgan fingerprint density at radius 3 is 2.30 bits per heavy atom. The number of thiophene rings is 1. The van der Waals surface area contributed by atoms with Crippen LogP contribution in [0.1, 0.15) is 45.0 Å². The minimum Gasteiger partial charge on any atom is -0.545 e. The topological polar surface area (TPSA) is 83.5 Å². The first-order valence-corrected chi connectivity index (χ1v) is 8.15. The van der Waals surface area contributed by atoms with Gasteiger partial charge in [-0.05, 0) is 37.5 Å². The van der Waals surface area contributed by atoms with Crippen molar-refractivity contribution in [1.82, 2.24) is 0 Å². The summed E-state index contributed by atoms with van der Waals surface area (Å²) >= 11 is 0.912. The van der Waals surface area contributed by atoms with E-state index in [-0.39, 0.29) is 16.0 Å². The van der Waals surface area contributed by atoms with Crippen molar-refractivity contribution in [2.45, 2.75) is 27.2 Å². The third kappa shape index (κ3) is 3.07. The molecule has 0 aliphatic carbocycles. The third-order valence-corrected chi connectivity index (χ3v) is 5.04. The van der Waals surface area contributed by atoms with E-state index in [1.807, 2.05) is 43.0 Å². The van der Waals surface area contributed by atoms with Crippen LogP contribution in [-0.2, 0) is 6.42 Å². The highest BCUT2D eigenvalue weighted by Gasteiger charge is 2.22. The fourth-order valence-corrected chi connectivity index (χ4v) is 3.83. The molecule has 1 aromatic heterocycles. The molecule has 6 heteroatoms. The largest absolute Gasteiger partial charge is 0.545 e. The van der Waals surface area contributed by atoms with E-state index in [4.69, 9.17) is 0 Å². The maximum Gasteiger partial charge on any atom is 0.105 e. The van der Waals surface area contributed by atoms with Crippen molar-refractivity contribution in [2.75, 3.05) is 11.4 Å². The van der Waals surface area contributed by atoms with E-state index < -0.39 is 11.9 Å². The summed E-state index contributed by atoms with van der Waals surface area (Å²) in [6.07, 6.45) is 0.783. The number of rotatable bonds is 6. The van der Waals surface area contributed by atoms with Gasteiger partial charge >= 0.3 is 0 Å². The SMILES string of the molecule is CCc1ccccc1N(CC)c1sc(C(=O)[O-])c(C)c1C(=O)[O-]. The number of hydrogen-bond donors (Lipinski definition) is 0. The Balaban J connectivity index is 2.69. The van der Waals surface area contributed by atoms with Gasteiger partial charge in [0, 0.05) is 17.8 Å². The molecule has 0 saturated heterocycles. The van der Waals surface area contributed by atoms with Gasteiger partial charge in [-0.2, -0.15) is 0 Å². The van der Waals surface area contributed by atoms with E-state index >= 15 is 0 Å². The molecule has 0 bridgehead atoms. The van der Waals surface area contributed by atoms with Crippen LogP contribution in [0.15, 0.2) is 24.3 Å². The Labute approximate surface area is 138 Å². The quantitative estimate of drug-likeness (QED) is 0.801. The molecule has 0 aliphatic heterocycles. The molecule has 0 saturated carbocycles. The number of carbonyl (C=O) groups is 2. The zero-order chi connectivity index (χ0) is 17.1. The Bertz CT molecular complexity index is 751. The van der Waals surface area contributed by atoms with Crippen molar-refractivity contribution in [3.05, 3.63) is 45.8 Å². The lowest BCUT2D eigenvalue weighted by Gasteiger charge is -2.26. The van der Waals surface area contributed by atoms with Crippen LogP contribution in [0, 0.1) is 6.92 Å². The fraction of sp³-hybridized carbons (Fsp3) is 0.294. The zero-order valence-electron chi connectivity index (χ0n) is 13.2. The third-order valence-electron chi connectivity index (χ3n) is 3.74. The number of para-hydroxylation sites is 1. The number of aryl methyl sites for hydroxylation is 1. The minimum atomic E-state index is -1.38. The highest BCUT2D eigenvalue weighted by molar-refractivity contribution is 7.18. The number of carboxylic acids is 2. The first kappa shape index (κ1) is 17.0. The van der Waals surface area contributed by atoms with E-state index in [2.05, 4.69) is 0 Å². The highest BCUT2D eigenvalue weighted by Crippen LogP contribution is 2.40. The normalized spacial score (nSPS) is 10.6. The molecule has 1 aromatic carbocycles. The smallest absolute Gasteiger partial charge is 0.105 e. The Morgan fingerprint density at radius 2 is 1.78 bits per heavy atom. The van der Waals surface area contributed by atoms with Crippen molar-refractivity contribution < 1.29 is 19.8 Å². The number of nitrogens with zero attached hydrogens (tertiary/aromatic N) is 1. The Kier molecular flexibility index (Phi) is 5.05. The minimum absolute atomic E-state index is 0.0772. The van der Waals surface area contributed by atoms with E-state index in [0.717, 1.165) is 29.0 Å². The molecule has 0 N–H and O–H groups in total. The number of benzene rings is 1. The van der Waals surface area contributed by atoms with Crippen molar-refractivity contribution in [1.29, 1.82) is 0 Å². The van der Waals surface area contributed by atoms with Crippen LogP contribution in [0.4, 0.5) is 10.7 Å². The summed E-state index contributed by atoms with van der Waals surface area (Å²) in [6.45, 7) is 5.87. The van der Waals surface area contributed by atoms with Gasteiger partial charge in [0.05, 0.1) is 16.8 Å². The van der Waals surface area contributed by atoms with Gasteiger partial charge in [-0.15, -0.1) is 11.3 Å². The van der Waals surface area contributed by atoms with Crippen molar-refractivity contribution in [2.24, 2.45) is 0 Å². The molecule has 23 heavy (non-hydrogen) atoms. The summed E-state index contributed by atoms with van der Waals surface area (Å²) in [4.78, 5) is 24.5. The second-order valence-electron chi connectivity index (χ2n) is 5.04. The second-order valence-corrected chi connectivity index (χ2v) is 6.04. The number of anilines is 2. The molecule has 0 fully saturated rings. The molecular weight excluding hydrogens is 314 g/mol. The van der Waals surface area contributed by atoms with Gasteiger partial charge in [-0.3, -0.25) is 0 Å². The fourth-order valence-electron chi connectivity index (χ4n) is 2.62. The number of hydrogen-bond acceptors (Lipinski definition) is 6. The average molecular weight is 331 g/mol. The van der Waals surface area contributed by atoms with Gasteiger partial charge in [0.25, 0.3) is 0 Å². The Hall–Kier alpha value is -2.34.